The number of anilines is 2. The second-order valence-corrected chi connectivity index (χ2v) is 5.56. The highest BCUT2D eigenvalue weighted by Crippen LogP contribution is 2.26. The van der Waals surface area contributed by atoms with Gasteiger partial charge >= 0.3 is 5.69 Å². The number of nitro groups is 1. The molecule has 1 aliphatic rings. The molecular formula is C17H20N4O3. The molecule has 3 rings (SSSR count). The van der Waals surface area contributed by atoms with Gasteiger partial charge in [0, 0.05) is 25.7 Å². The fourth-order valence-electron chi connectivity index (χ4n) is 2.66. The first-order valence-corrected chi connectivity index (χ1v) is 8.00. The van der Waals surface area contributed by atoms with Gasteiger partial charge in [-0.3, -0.25) is 10.1 Å². The number of hydrogen-bond acceptors (Lipinski definition) is 6. The Morgan fingerprint density at radius 2 is 1.92 bits per heavy atom. The third-order valence-electron chi connectivity index (χ3n) is 3.94. The molecule has 0 atom stereocenters. The Kier molecular flexibility index (Phi) is 5.22. The lowest BCUT2D eigenvalue weighted by Gasteiger charge is -2.28. The third kappa shape index (κ3) is 3.99. The van der Waals surface area contributed by atoms with Gasteiger partial charge in [0.15, 0.2) is 0 Å². The maximum Gasteiger partial charge on any atom is 0.311 e. The molecule has 1 saturated heterocycles. The standard InChI is InChI=1S/C17H20N4O3/c22-21(23)15-6-7-16(20-10-12-24-13-11-20)19-17(15)18-9-8-14-4-2-1-3-5-14/h1-7H,8-13H2,(H,18,19). The van der Waals surface area contributed by atoms with Crippen LogP contribution in [0.25, 0.3) is 0 Å². The van der Waals surface area contributed by atoms with E-state index in [0.717, 1.165) is 25.3 Å². The molecule has 1 N–H and O–H groups in total. The SMILES string of the molecule is O=[N+]([O-])c1ccc(N2CCOCC2)nc1NCCc1ccccc1. The second kappa shape index (κ2) is 7.74. The van der Waals surface area contributed by atoms with E-state index in [4.69, 9.17) is 4.74 Å². The number of aromatic nitrogens is 1. The molecule has 24 heavy (non-hydrogen) atoms. The topological polar surface area (TPSA) is 80.5 Å². The lowest BCUT2D eigenvalue weighted by molar-refractivity contribution is -0.384. The van der Waals surface area contributed by atoms with Crippen molar-refractivity contribution in [2.75, 3.05) is 43.1 Å². The molecule has 0 radical (unpaired) electrons. The number of benzene rings is 1. The maximum atomic E-state index is 11.2. The number of ether oxygens (including phenoxy) is 1. The van der Waals surface area contributed by atoms with Crippen molar-refractivity contribution in [3.63, 3.8) is 0 Å². The molecule has 1 aromatic heterocycles. The molecule has 1 aliphatic heterocycles. The highest BCUT2D eigenvalue weighted by Gasteiger charge is 2.19. The van der Waals surface area contributed by atoms with E-state index < -0.39 is 4.92 Å². The summed E-state index contributed by atoms with van der Waals surface area (Å²) in [7, 11) is 0. The lowest BCUT2D eigenvalue weighted by atomic mass is 10.1. The summed E-state index contributed by atoms with van der Waals surface area (Å²) in [5.74, 6) is 1.06. The maximum absolute atomic E-state index is 11.2. The van der Waals surface area contributed by atoms with Crippen molar-refractivity contribution >= 4 is 17.3 Å². The molecule has 0 amide bonds. The van der Waals surface area contributed by atoms with Crippen LogP contribution in [-0.4, -0.2) is 42.8 Å². The van der Waals surface area contributed by atoms with Gasteiger partial charge in [-0.25, -0.2) is 4.98 Å². The van der Waals surface area contributed by atoms with E-state index in [9.17, 15) is 10.1 Å². The van der Waals surface area contributed by atoms with Crippen LogP contribution in [0.4, 0.5) is 17.3 Å². The van der Waals surface area contributed by atoms with Gasteiger partial charge in [0.2, 0.25) is 5.82 Å². The first-order chi connectivity index (χ1) is 11.7. The molecule has 0 unspecified atom stereocenters. The predicted octanol–water partition coefficient (Wildman–Crippen LogP) is 2.48. The van der Waals surface area contributed by atoms with E-state index in [2.05, 4.69) is 15.2 Å². The van der Waals surface area contributed by atoms with Gasteiger partial charge in [-0.05, 0) is 18.1 Å². The van der Waals surface area contributed by atoms with Gasteiger partial charge < -0.3 is 15.0 Å². The number of nitrogens with one attached hydrogen (secondary N) is 1. The van der Waals surface area contributed by atoms with Crippen molar-refractivity contribution in [3.8, 4) is 0 Å². The summed E-state index contributed by atoms with van der Waals surface area (Å²) in [5.41, 5.74) is 1.18. The molecule has 7 heteroatoms. The van der Waals surface area contributed by atoms with Crippen molar-refractivity contribution in [3.05, 3.63) is 58.1 Å². The van der Waals surface area contributed by atoms with Crippen LogP contribution in [-0.2, 0) is 11.2 Å². The Hall–Kier alpha value is -2.67. The third-order valence-corrected chi connectivity index (χ3v) is 3.94. The van der Waals surface area contributed by atoms with Gasteiger partial charge in [-0.1, -0.05) is 30.3 Å². The Morgan fingerprint density at radius 1 is 1.17 bits per heavy atom. The molecule has 0 spiro atoms. The molecule has 0 aliphatic carbocycles. The van der Waals surface area contributed by atoms with Crippen LogP contribution in [0.5, 0.6) is 0 Å². The van der Waals surface area contributed by atoms with Gasteiger partial charge in [-0.15, -0.1) is 0 Å². The Labute approximate surface area is 140 Å². The zero-order chi connectivity index (χ0) is 16.8. The van der Waals surface area contributed by atoms with Crippen LogP contribution in [0.2, 0.25) is 0 Å². The monoisotopic (exact) mass is 328 g/mol. The molecule has 1 aromatic carbocycles. The van der Waals surface area contributed by atoms with E-state index in [-0.39, 0.29) is 5.69 Å². The molecule has 2 aromatic rings. The average molecular weight is 328 g/mol. The quantitative estimate of drug-likeness (QED) is 0.648. The predicted molar refractivity (Wildman–Crippen MR) is 92.6 cm³/mol. The number of rotatable bonds is 6. The number of pyridine rings is 1. The van der Waals surface area contributed by atoms with Gasteiger partial charge in [0.25, 0.3) is 0 Å². The summed E-state index contributed by atoms with van der Waals surface area (Å²) in [6.07, 6.45) is 0.779. The van der Waals surface area contributed by atoms with Crippen LogP contribution >= 0.6 is 0 Å². The summed E-state index contributed by atoms with van der Waals surface area (Å²) < 4.78 is 5.33. The highest BCUT2D eigenvalue weighted by molar-refractivity contribution is 5.61. The number of morpholine rings is 1. The average Bonchev–Trinajstić information content (AvgIpc) is 2.63. The number of hydrogen-bond donors (Lipinski definition) is 1. The van der Waals surface area contributed by atoms with Gasteiger partial charge in [0.05, 0.1) is 18.1 Å². The van der Waals surface area contributed by atoms with Gasteiger partial charge in [0.1, 0.15) is 5.82 Å². The molecule has 0 saturated carbocycles. The molecule has 0 bridgehead atoms. The van der Waals surface area contributed by atoms with E-state index in [1.54, 1.807) is 6.07 Å². The summed E-state index contributed by atoms with van der Waals surface area (Å²) >= 11 is 0. The summed E-state index contributed by atoms with van der Waals surface area (Å²) in [4.78, 5) is 17.4. The fraction of sp³-hybridized carbons (Fsp3) is 0.353. The smallest absolute Gasteiger partial charge is 0.311 e. The molecular weight excluding hydrogens is 308 g/mol. The van der Waals surface area contributed by atoms with Crippen molar-refractivity contribution in [2.24, 2.45) is 0 Å². The van der Waals surface area contributed by atoms with Crippen LogP contribution in [0.3, 0.4) is 0 Å². The largest absolute Gasteiger partial charge is 0.378 e. The first-order valence-electron chi connectivity index (χ1n) is 8.00. The molecule has 126 valence electrons. The van der Waals surface area contributed by atoms with Crippen molar-refractivity contribution in [1.29, 1.82) is 0 Å². The van der Waals surface area contributed by atoms with Crippen LogP contribution in [0.15, 0.2) is 42.5 Å². The van der Waals surface area contributed by atoms with E-state index in [0.29, 0.717) is 25.6 Å². The van der Waals surface area contributed by atoms with Crippen molar-refractivity contribution in [1.82, 2.24) is 4.98 Å². The summed E-state index contributed by atoms with van der Waals surface area (Å²) in [5, 5.41) is 14.3. The molecule has 7 nitrogen and oxygen atoms in total. The molecule has 2 heterocycles. The second-order valence-electron chi connectivity index (χ2n) is 5.56. The minimum Gasteiger partial charge on any atom is -0.378 e. The summed E-state index contributed by atoms with van der Waals surface area (Å²) in [6, 6.07) is 13.2. The fourth-order valence-corrected chi connectivity index (χ4v) is 2.66. The zero-order valence-corrected chi connectivity index (χ0v) is 13.4. The first kappa shape index (κ1) is 16.2. The normalized spacial score (nSPS) is 14.4. The Morgan fingerprint density at radius 3 is 2.62 bits per heavy atom. The van der Waals surface area contributed by atoms with Gasteiger partial charge in [-0.2, -0.15) is 0 Å². The molecule has 1 fully saturated rings. The van der Waals surface area contributed by atoms with Crippen molar-refractivity contribution < 1.29 is 9.66 Å². The minimum absolute atomic E-state index is 0.0000658. The van der Waals surface area contributed by atoms with E-state index >= 15 is 0 Å². The van der Waals surface area contributed by atoms with Crippen LogP contribution < -0.4 is 10.2 Å². The van der Waals surface area contributed by atoms with E-state index in [1.807, 2.05) is 30.3 Å². The Bertz CT molecular complexity index is 687. The highest BCUT2D eigenvalue weighted by atomic mass is 16.6. The lowest BCUT2D eigenvalue weighted by Crippen LogP contribution is -2.36. The van der Waals surface area contributed by atoms with Crippen molar-refractivity contribution in [2.45, 2.75) is 6.42 Å². The van der Waals surface area contributed by atoms with E-state index in [1.165, 1.54) is 11.6 Å². The van der Waals surface area contributed by atoms with Crippen LogP contribution in [0.1, 0.15) is 5.56 Å². The zero-order valence-electron chi connectivity index (χ0n) is 13.4. The minimum atomic E-state index is -0.402. The number of nitrogens with zero attached hydrogens (tertiary/aromatic N) is 3. The Balaban J connectivity index is 1.72. The summed E-state index contributed by atoms with van der Waals surface area (Å²) in [6.45, 7) is 3.37. The van der Waals surface area contributed by atoms with Crippen LogP contribution in [0, 0.1) is 10.1 Å².